The van der Waals surface area contributed by atoms with Crippen LogP contribution in [0.25, 0.3) is 10.9 Å². The van der Waals surface area contributed by atoms with Crippen LogP contribution >= 0.6 is 11.6 Å². The van der Waals surface area contributed by atoms with Gasteiger partial charge >= 0.3 is 0 Å². The summed E-state index contributed by atoms with van der Waals surface area (Å²) in [7, 11) is 0. The van der Waals surface area contributed by atoms with Gasteiger partial charge in [0.1, 0.15) is 5.52 Å². The fourth-order valence-electron chi connectivity index (χ4n) is 2.97. The number of nitrogens with zero attached hydrogens (tertiary/aromatic N) is 4. The molecule has 0 fully saturated rings. The lowest BCUT2D eigenvalue weighted by Crippen LogP contribution is -2.40. The molecule has 7 nitrogen and oxygen atoms in total. The Morgan fingerprint density at radius 2 is 1.86 bits per heavy atom. The lowest BCUT2D eigenvalue weighted by atomic mass is 10.2. The van der Waals surface area contributed by atoms with Crippen LogP contribution in [-0.4, -0.2) is 20.9 Å². The summed E-state index contributed by atoms with van der Waals surface area (Å²) in [5, 5.41) is 12.1. The molecule has 0 aliphatic carbocycles. The molecule has 0 spiro atoms. The van der Waals surface area contributed by atoms with Crippen LogP contribution in [0.15, 0.2) is 77.9 Å². The molecule has 0 bridgehead atoms. The fraction of sp³-hybridized carbons (Fsp3) is 0.0952. The highest BCUT2D eigenvalue weighted by Crippen LogP contribution is 2.13. The number of halogens is 1. The Hall–Kier alpha value is -3.58. The van der Waals surface area contributed by atoms with Gasteiger partial charge in [-0.25, -0.2) is 4.68 Å². The first kappa shape index (κ1) is 18.8. The van der Waals surface area contributed by atoms with Gasteiger partial charge < -0.3 is 5.32 Å². The van der Waals surface area contributed by atoms with Crippen molar-refractivity contribution in [2.24, 2.45) is 0 Å². The van der Waals surface area contributed by atoms with E-state index in [1.807, 2.05) is 24.4 Å². The third-order valence-electron chi connectivity index (χ3n) is 4.34. The van der Waals surface area contributed by atoms with Gasteiger partial charge in [0.25, 0.3) is 11.5 Å². The van der Waals surface area contributed by atoms with Gasteiger partial charge in [0, 0.05) is 22.3 Å². The number of benzene rings is 2. The normalized spacial score (nSPS) is 10.8. The summed E-state index contributed by atoms with van der Waals surface area (Å²) in [6.07, 6.45) is 3.60. The number of rotatable bonds is 5. The maximum Gasteiger partial charge on any atom is 0.290 e. The van der Waals surface area contributed by atoms with Crippen molar-refractivity contribution >= 4 is 34.1 Å². The van der Waals surface area contributed by atoms with Gasteiger partial charge in [0.05, 0.1) is 11.9 Å². The fourth-order valence-corrected chi connectivity index (χ4v) is 3.09. The quantitative estimate of drug-likeness (QED) is 0.516. The second-order valence-electron chi connectivity index (χ2n) is 6.51. The van der Waals surface area contributed by atoms with Crippen LogP contribution in [0.4, 0.5) is 5.69 Å². The van der Waals surface area contributed by atoms with Crippen LogP contribution < -0.4 is 15.4 Å². The number of hydrogen-bond acceptors (Lipinski definition) is 4. The first-order valence-corrected chi connectivity index (χ1v) is 9.32. The highest BCUT2D eigenvalue weighted by atomic mass is 35.5. The molecular weight excluding hydrogens is 390 g/mol. The summed E-state index contributed by atoms with van der Waals surface area (Å²) in [6.45, 7) is 0.394. The number of nitrogens with one attached hydrogen (secondary N) is 1. The zero-order valence-corrected chi connectivity index (χ0v) is 16.1. The van der Waals surface area contributed by atoms with Crippen LogP contribution in [0.1, 0.15) is 5.56 Å². The Balaban J connectivity index is 1.49. The minimum absolute atomic E-state index is 0.134. The first-order chi connectivity index (χ1) is 14.1. The van der Waals surface area contributed by atoms with E-state index in [1.54, 1.807) is 53.2 Å². The van der Waals surface area contributed by atoms with E-state index in [0.29, 0.717) is 21.6 Å². The summed E-state index contributed by atoms with van der Waals surface area (Å²) >= 11 is 5.85. The molecule has 0 aliphatic heterocycles. The van der Waals surface area contributed by atoms with Gasteiger partial charge in [-0.05, 0) is 42.5 Å². The van der Waals surface area contributed by atoms with Crippen molar-refractivity contribution in [3.63, 3.8) is 0 Å². The van der Waals surface area contributed by atoms with Crippen LogP contribution in [0, 0.1) is 0 Å². The van der Waals surface area contributed by atoms with Crippen LogP contribution in [-0.2, 0) is 17.9 Å². The molecule has 0 radical (unpaired) electrons. The third-order valence-corrected chi connectivity index (χ3v) is 4.59. The summed E-state index contributed by atoms with van der Waals surface area (Å²) in [5.74, 6) is -0.169. The average Bonchev–Trinajstić information content (AvgIpc) is 2.72. The Morgan fingerprint density at radius 1 is 1.07 bits per heavy atom. The monoisotopic (exact) mass is 406 g/mol. The predicted octanol–water partition coefficient (Wildman–Crippen LogP) is 2.42. The van der Waals surface area contributed by atoms with Gasteiger partial charge in [0.2, 0.25) is 6.54 Å². The topological polar surface area (TPSA) is 80.8 Å². The molecule has 1 amide bonds. The Labute approximate surface area is 171 Å². The van der Waals surface area contributed by atoms with Crippen LogP contribution in [0.3, 0.4) is 0 Å². The van der Waals surface area contributed by atoms with E-state index in [9.17, 15) is 9.59 Å². The molecule has 0 saturated heterocycles. The van der Waals surface area contributed by atoms with Crippen LogP contribution in [0.2, 0.25) is 5.02 Å². The summed E-state index contributed by atoms with van der Waals surface area (Å²) in [6, 6.07) is 17.7. The summed E-state index contributed by atoms with van der Waals surface area (Å²) in [4.78, 5) is 24.9. The molecule has 0 saturated carbocycles. The number of hydrogen-bond donors (Lipinski definition) is 1. The average molecular weight is 407 g/mol. The van der Waals surface area contributed by atoms with Crippen molar-refractivity contribution < 1.29 is 9.36 Å². The van der Waals surface area contributed by atoms with Gasteiger partial charge in [-0.1, -0.05) is 28.9 Å². The van der Waals surface area contributed by atoms with E-state index >= 15 is 0 Å². The Morgan fingerprint density at radius 3 is 2.69 bits per heavy atom. The molecule has 2 heterocycles. The number of anilines is 1. The number of pyridine rings is 1. The molecule has 4 rings (SSSR count). The standard InChI is InChI=1S/C21H16ClN5O2/c22-16-7-9-17(10-8-16)23-20(28)14-26-11-3-4-15(12-26)13-27-21(29)18-5-1-2-6-19(18)24-25-27/h1-12H,13-14H2/p+1. The molecule has 2 aromatic carbocycles. The van der Waals surface area contributed by atoms with Crippen molar-refractivity contribution in [1.82, 2.24) is 15.0 Å². The zero-order valence-electron chi connectivity index (χ0n) is 15.3. The van der Waals surface area contributed by atoms with E-state index < -0.39 is 0 Å². The molecule has 0 aliphatic rings. The minimum Gasteiger partial charge on any atom is -0.321 e. The van der Waals surface area contributed by atoms with E-state index in [1.165, 1.54) is 4.68 Å². The lowest BCUT2D eigenvalue weighted by molar-refractivity contribution is -0.684. The van der Waals surface area contributed by atoms with Crippen molar-refractivity contribution in [2.75, 3.05) is 5.32 Å². The van der Waals surface area contributed by atoms with Gasteiger partial charge in [-0.3, -0.25) is 9.59 Å². The van der Waals surface area contributed by atoms with Crippen molar-refractivity contribution in [2.45, 2.75) is 13.1 Å². The molecule has 8 heteroatoms. The molecule has 2 aromatic heterocycles. The van der Waals surface area contributed by atoms with E-state index in [4.69, 9.17) is 11.6 Å². The third kappa shape index (κ3) is 4.47. The largest absolute Gasteiger partial charge is 0.321 e. The zero-order chi connectivity index (χ0) is 20.2. The molecule has 29 heavy (non-hydrogen) atoms. The van der Waals surface area contributed by atoms with Crippen molar-refractivity contribution in [1.29, 1.82) is 0 Å². The Kier molecular flexibility index (Phi) is 5.31. The van der Waals surface area contributed by atoms with E-state index in [0.717, 1.165) is 5.56 Å². The number of carbonyl (C=O) groups excluding carboxylic acids is 1. The van der Waals surface area contributed by atoms with E-state index in [2.05, 4.69) is 15.6 Å². The summed E-state index contributed by atoms with van der Waals surface area (Å²) in [5.41, 5.74) is 1.87. The number of aromatic nitrogens is 4. The second-order valence-corrected chi connectivity index (χ2v) is 6.95. The second kappa shape index (κ2) is 8.20. The molecule has 0 atom stereocenters. The van der Waals surface area contributed by atoms with Crippen molar-refractivity contribution in [3.8, 4) is 0 Å². The molecule has 4 aromatic rings. The smallest absolute Gasteiger partial charge is 0.290 e. The number of carbonyl (C=O) groups is 1. The minimum atomic E-state index is -0.202. The SMILES string of the molecule is O=C(C[n+]1cccc(Cn2nnc3ccccc3c2=O)c1)Nc1ccc(Cl)cc1. The molecule has 1 N–H and O–H groups in total. The molecule has 144 valence electrons. The first-order valence-electron chi connectivity index (χ1n) is 8.94. The van der Waals surface area contributed by atoms with Crippen LogP contribution in [0.5, 0.6) is 0 Å². The highest BCUT2D eigenvalue weighted by Gasteiger charge is 2.12. The van der Waals surface area contributed by atoms with Gasteiger partial charge in [-0.2, -0.15) is 4.57 Å². The van der Waals surface area contributed by atoms with E-state index in [-0.39, 0.29) is 24.6 Å². The van der Waals surface area contributed by atoms with Crippen molar-refractivity contribution in [3.05, 3.63) is 94.0 Å². The maximum absolute atomic E-state index is 12.6. The predicted molar refractivity (Wildman–Crippen MR) is 110 cm³/mol. The van der Waals surface area contributed by atoms with Gasteiger partial charge in [0.15, 0.2) is 12.4 Å². The Bertz CT molecular complexity index is 1240. The number of fused-ring (bicyclic) bond motifs is 1. The maximum atomic E-state index is 12.6. The highest BCUT2D eigenvalue weighted by molar-refractivity contribution is 6.30. The summed E-state index contributed by atoms with van der Waals surface area (Å²) < 4.78 is 3.07. The number of amides is 1. The molecule has 0 unspecified atom stereocenters. The molecular formula is C21H17ClN5O2+. The lowest BCUT2D eigenvalue weighted by Gasteiger charge is -2.05. The van der Waals surface area contributed by atoms with Gasteiger partial charge in [-0.15, -0.1) is 5.10 Å².